The molecular weight excluding hydrogens is 282 g/mol. The molecule has 0 fully saturated rings. The summed E-state index contributed by atoms with van der Waals surface area (Å²) in [6.07, 6.45) is 0. The molecule has 0 saturated carbocycles. The topological polar surface area (TPSA) is 104 Å². The van der Waals surface area contributed by atoms with Crippen molar-refractivity contribution < 1.29 is 22.3 Å². The summed E-state index contributed by atoms with van der Waals surface area (Å²) in [7, 11) is -4.67. The maximum Gasteiger partial charge on any atom is 0.394 e. The average molecular weight is 297 g/mol. The van der Waals surface area contributed by atoms with Crippen molar-refractivity contribution in [3.8, 4) is 0 Å². The van der Waals surface area contributed by atoms with Gasteiger partial charge in [-0.15, -0.1) is 0 Å². The lowest BCUT2D eigenvalue weighted by Gasteiger charge is -2.04. The Bertz CT molecular complexity index is 527. The first kappa shape index (κ1) is 17.8. The molecule has 0 saturated heterocycles. The Morgan fingerprint density at radius 3 is 1.25 bits per heavy atom. The van der Waals surface area contributed by atoms with E-state index < -0.39 is 10.4 Å². The third-order valence-corrected chi connectivity index (χ3v) is 1.84. The van der Waals surface area contributed by atoms with Gasteiger partial charge in [0, 0.05) is 11.4 Å². The molecular formula is C13H15NO5S. The fourth-order valence-electron chi connectivity index (χ4n) is 1.21. The van der Waals surface area contributed by atoms with Crippen LogP contribution < -0.4 is 5.32 Å². The highest BCUT2D eigenvalue weighted by Gasteiger charge is 1.89. The van der Waals surface area contributed by atoms with Crippen LogP contribution in [0.3, 0.4) is 0 Å². The van der Waals surface area contributed by atoms with E-state index in [1.165, 1.54) is 0 Å². The molecule has 7 heteroatoms. The number of benzene rings is 2. The van der Waals surface area contributed by atoms with E-state index >= 15 is 0 Å². The molecule has 0 unspecified atom stereocenters. The lowest BCUT2D eigenvalue weighted by molar-refractivity contribution is -0.0980. The smallest absolute Gasteiger partial charge is 0.356 e. The Labute approximate surface area is 117 Å². The van der Waals surface area contributed by atoms with Crippen LogP contribution in [0.1, 0.15) is 0 Å². The predicted octanol–water partition coefficient (Wildman–Crippen LogP) is 2.59. The SMILES string of the molecule is C=O.O=S(=O)(O)O.c1ccc(Nc2ccccc2)cc1. The van der Waals surface area contributed by atoms with E-state index in [4.69, 9.17) is 22.3 Å². The summed E-state index contributed by atoms with van der Waals surface area (Å²) < 4.78 is 31.6. The third-order valence-electron chi connectivity index (χ3n) is 1.84. The number of para-hydroxylation sites is 2. The number of rotatable bonds is 2. The molecule has 0 amide bonds. The Morgan fingerprint density at radius 2 is 1.00 bits per heavy atom. The van der Waals surface area contributed by atoms with Crippen molar-refractivity contribution in [3.63, 3.8) is 0 Å². The normalized spacial score (nSPS) is 9.30. The first-order valence-electron chi connectivity index (χ1n) is 5.31. The molecule has 3 N–H and O–H groups in total. The van der Waals surface area contributed by atoms with E-state index in [-0.39, 0.29) is 0 Å². The van der Waals surface area contributed by atoms with Crippen LogP contribution in [-0.2, 0) is 15.2 Å². The number of carbonyl (C=O) groups excluding carboxylic acids is 1. The van der Waals surface area contributed by atoms with Gasteiger partial charge in [0.25, 0.3) is 0 Å². The molecule has 0 aliphatic heterocycles. The zero-order valence-corrected chi connectivity index (χ0v) is 11.3. The van der Waals surface area contributed by atoms with Crippen molar-refractivity contribution >= 4 is 28.6 Å². The van der Waals surface area contributed by atoms with Crippen LogP contribution in [0.15, 0.2) is 60.7 Å². The fraction of sp³-hybridized carbons (Fsp3) is 0. The van der Waals surface area contributed by atoms with Crippen molar-refractivity contribution in [2.24, 2.45) is 0 Å². The van der Waals surface area contributed by atoms with E-state index in [9.17, 15) is 0 Å². The van der Waals surface area contributed by atoms with Crippen LogP contribution >= 0.6 is 0 Å². The zero-order valence-electron chi connectivity index (χ0n) is 10.5. The van der Waals surface area contributed by atoms with Gasteiger partial charge in [-0.05, 0) is 24.3 Å². The lowest BCUT2D eigenvalue weighted by Crippen LogP contribution is -1.89. The molecule has 0 spiro atoms. The molecule has 20 heavy (non-hydrogen) atoms. The number of hydrogen-bond donors (Lipinski definition) is 3. The maximum atomic E-state index is 8.74. The molecule has 2 aromatic carbocycles. The standard InChI is InChI=1S/C12H11N.CH2O.H2O4S/c1-3-7-11(8-4-1)13-12-9-5-2-6-10-12;1-2;1-5(2,3)4/h1-10,13H;1H2;(H2,1,2,3,4). The van der Waals surface area contributed by atoms with Crippen molar-refractivity contribution in [1.29, 1.82) is 0 Å². The highest BCUT2D eigenvalue weighted by Crippen LogP contribution is 2.14. The van der Waals surface area contributed by atoms with Gasteiger partial charge in [0.1, 0.15) is 6.79 Å². The summed E-state index contributed by atoms with van der Waals surface area (Å²) in [6, 6.07) is 20.3. The number of carbonyl (C=O) groups is 1. The highest BCUT2D eigenvalue weighted by molar-refractivity contribution is 7.79. The minimum Gasteiger partial charge on any atom is -0.356 e. The molecule has 2 rings (SSSR count). The number of nitrogens with one attached hydrogen (secondary N) is 1. The molecule has 0 aliphatic carbocycles. The Morgan fingerprint density at radius 1 is 0.750 bits per heavy atom. The third kappa shape index (κ3) is 10.9. The summed E-state index contributed by atoms with van der Waals surface area (Å²) in [6.45, 7) is 2.00. The van der Waals surface area contributed by atoms with Gasteiger partial charge in [-0.3, -0.25) is 9.11 Å². The van der Waals surface area contributed by atoms with Crippen molar-refractivity contribution in [2.45, 2.75) is 0 Å². The summed E-state index contributed by atoms with van der Waals surface area (Å²) in [5.41, 5.74) is 2.24. The molecule has 0 bridgehead atoms. The molecule has 0 radical (unpaired) electrons. The number of hydrogen-bond acceptors (Lipinski definition) is 4. The van der Waals surface area contributed by atoms with Crippen molar-refractivity contribution in [2.75, 3.05) is 5.32 Å². The van der Waals surface area contributed by atoms with Crippen molar-refractivity contribution in [3.05, 3.63) is 60.7 Å². The van der Waals surface area contributed by atoms with E-state index in [2.05, 4.69) is 5.32 Å². The minimum atomic E-state index is -4.67. The van der Waals surface area contributed by atoms with Crippen LogP contribution in [0.4, 0.5) is 11.4 Å². The quantitative estimate of drug-likeness (QED) is 0.736. The first-order valence-corrected chi connectivity index (χ1v) is 6.71. The van der Waals surface area contributed by atoms with Gasteiger partial charge >= 0.3 is 10.4 Å². The molecule has 6 nitrogen and oxygen atoms in total. The van der Waals surface area contributed by atoms with Crippen LogP contribution in [0.25, 0.3) is 0 Å². The molecule has 0 atom stereocenters. The average Bonchev–Trinajstić information content (AvgIpc) is 2.41. The van der Waals surface area contributed by atoms with Gasteiger partial charge in [-0.1, -0.05) is 36.4 Å². The van der Waals surface area contributed by atoms with Crippen molar-refractivity contribution in [1.82, 2.24) is 0 Å². The number of anilines is 2. The van der Waals surface area contributed by atoms with Crippen LogP contribution in [0, 0.1) is 0 Å². The van der Waals surface area contributed by atoms with Crippen LogP contribution in [0.5, 0.6) is 0 Å². The second kappa shape index (κ2) is 9.68. The second-order valence-electron chi connectivity index (χ2n) is 3.30. The first-order chi connectivity index (χ1) is 9.45. The van der Waals surface area contributed by atoms with Gasteiger partial charge in [-0.2, -0.15) is 8.42 Å². The zero-order chi connectivity index (χ0) is 15.4. The monoisotopic (exact) mass is 297 g/mol. The summed E-state index contributed by atoms with van der Waals surface area (Å²) in [4.78, 5) is 8.00. The Balaban J connectivity index is 0.000000441. The predicted molar refractivity (Wildman–Crippen MR) is 77.5 cm³/mol. The lowest BCUT2D eigenvalue weighted by atomic mass is 10.3. The second-order valence-corrected chi connectivity index (χ2v) is 4.20. The van der Waals surface area contributed by atoms with E-state index in [0.717, 1.165) is 11.4 Å². The highest BCUT2D eigenvalue weighted by atomic mass is 32.3. The van der Waals surface area contributed by atoms with E-state index in [1.54, 1.807) is 0 Å². The van der Waals surface area contributed by atoms with Gasteiger partial charge in [0.05, 0.1) is 0 Å². The molecule has 2 aromatic rings. The minimum absolute atomic E-state index is 1.12. The summed E-state index contributed by atoms with van der Waals surface area (Å²) >= 11 is 0. The molecule has 0 aliphatic rings. The molecule has 108 valence electrons. The van der Waals surface area contributed by atoms with Gasteiger partial charge in [0.2, 0.25) is 0 Å². The van der Waals surface area contributed by atoms with E-state index in [0.29, 0.717) is 0 Å². The summed E-state index contributed by atoms with van der Waals surface area (Å²) in [5, 5.41) is 3.30. The van der Waals surface area contributed by atoms with Gasteiger partial charge in [0.15, 0.2) is 0 Å². The van der Waals surface area contributed by atoms with Gasteiger partial charge in [-0.25, -0.2) is 0 Å². The fourth-order valence-corrected chi connectivity index (χ4v) is 1.21. The molecule has 0 heterocycles. The van der Waals surface area contributed by atoms with E-state index in [1.807, 2.05) is 67.5 Å². The maximum absolute atomic E-state index is 8.74. The largest absolute Gasteiger partial charge is 0.394 e. The van der Waals surface area contributed by atoms with Gasteiger partial charge < -0.3 is 10.1 Å². The Hall–Kier alpha value is -2.22. The van der Waals surface area contributed by atoms with Crippen LogP contribution in [-0.4, -0.2) is 24.3 Å². The Kier molecular flexibility index (Phi) is 8.60. The molecule has 0 aromatic heterocycles. The summed E-state index contributed by atoms with van der Waals surface area (Å²) in [5.74, 6) is 0. The van der Waals surface area contributed by atoms with Crippen LogP contribution in [0.2, 0.25) is 0 Å².